The average Bonchev–Trinajstić information content (AvgIpc) is 4.01. The lowest BCUT2D eigenvalue weighted by atomic mass is 9.78. The highest BCUT2D eigenvalue weighted by Gasteiger charge is 2.49. The minimum atomic E-state index is -0.358. The third-order valence-corrected chi connectivity index (χ3v) is 17.6. The van der Waals surface area contributed by atoms with Gasteiger partial charge in [-0.15, -0.1) is 45.3 Å². The summed E-state index contributed by atoms with van der Waals surface area (Å²) in [6.07, 6.45) is 20.5. The van der Waals surface area contributed by atoms with Crippen molar-refractivity contribution in [3.05, 3.63) is 67.5 Å². The SMILES string of the molecule is N#CC(C#N)=C1C=C(c2cc3c(s2)-c2sc4c5c(sc4c2OC32CCCCC2)-c2sc(C3=CC(=C(C#N)C#N)CCC3)cc2C2(CCCCC2)O5)CCC1. The molecule has 6 aliphatic rings. The number of ether oxygens (including phenoxy) is 2. The van der Waals surface area contributed by atoms with Gasteiger partial charge in [0.25, 0.3) is 0 Å². The van der Waals surface area contributed by atoms with E-state index in [1.807, 2.05) is 45.3 Å². The van der Waals surface area contributed by atoms with Crippen molar-refractivity contribution in [3.8, 4) is 55.3 Å². The third-order valence-electron chi connectivity index (χ3n) is 12.4. The number of hydrogen-bond acceptors (Lipinski definition) is 10. The van der Waals surface area contributed by atoms with Crippen molar-refractivity contribution in [2.75, 3.05) is 0 Å². The molecule has 10 heteroatoms. The Bertz CT molecular complexity index is 2370. The second kappa shape index (κ2) is 13.1. The zero-order valence-electron chi connectivity index (χ0n) is 29.9. The van der Waals surface area contributed by atoms with Crippen LogP contribution in [0.15, 0.2) is 46.6 Å². The van der Waals surface area contributed by atoms with Gasteiger partial charge in [0.2, 0.25) is 0 Å². The highest BCUT2D eigenvalue weighted by molar-refractivity contribution is 7.35. The van der Waals surface area contributed by atoms with E-state index in [4.69, 9.17) is 9.47 Å². The van der Waals surface area contributed by atoms with E-state index in [2.05, 4.69) is 48.6 Å². The molecule has 0 radical (unpaired) electrons. The van der Waals surface area contributed by atoms with Crippen LogP contribution < -0.4 is 9.47 Å². The largest absolute Gasteiger partial charge is 0.479 e. The monoisotopic (exact) mass is 780 g/mol. The van der Waals surface area contributed by atoms with Gasteiger partial charge >= 0.3 is 0 Å². The fourth-order valence-corrected chi connectivity index (χ4v) is 15.2. The topological polar surface area (TPSA) is 114 Å². The van der Waals surface area contributed by atoms with Gasteiger partial charge in [0.15, 0.2) is 11.5 Å². The molecule has 4 aromatic rings. The maximum atomic E-state index is 9.61. The molecule has 0 atom stereocenters. The van der Waals surface area contributed by atoms with Crippen LogP contribution in [0.25, 0.3) is 40.1 Å². The highest BCUT2D eigenvalue weighted by atomic mass is 32.1. The summed E-state index contributed by atoms with van der Waals surface area (Å²) in [7, 11) is 0. The lowest BCUT2D eigenvalue weighted by molar-refractivity contribution is 0.0258. The van der Waals surface area contributed by atoms with Gasteiger partial charge in [-0.25, -0.2) is 0 Å². The van der Waals surface area contributed by atoms with Gasteiger partial charge in [0, 0.05) is 20.9 Å². The van der Waals surface area contributed by atoms with Crippen LogP contribution in [-0.4, -0.2) is 0 Å². The van der Waals surface area contributed by atoms with Crippen LogP contribution in [-0.2, 0) is 11.2 Å². The fraction of sp³-hybridized carbons (Fsp3) is 0.409. The maximum Gasteiger partial charge on any atom is 0.158 e. The number of nitrogens with zero attached hydrogens (tertiary/aromatic N) is 4. The van der Waals surface area contributed by atoms with Crippen LogP contribution in [0.2, 0.25) is 0 Å². The number of nitriles is 4. The molecule has 10 rings (SSSR count). The summed E-state index contributed by atoms with van der Waals surface area (Å²) < 4.78 is 17.2. The first-order valence-corrected chi connectivity index (χ1v) is 22.5. The molecule has 0 bridgehead atoms. The van der Waals surface area contributed by atoms with Crippen LogP contribution in [0, 0.1) is 45.3 Å². The van der Waals surface area contributed by atoms with Crippen LogP contribution in [0.3, 0.4) is 0 Å². The van der Waals surface area contributed by atoms with E-state index >= 15 is 0 Å². The van der Waals surface area contributed by atoms with E-state index in [1.54, 1.807) is 0 Å². The molecule has 4 aromatic heterocycles. The molecule has 0 unspecified atom stereocenters. The van der Waals surface area contributed by atoms with Crippen LogP contribution in [0.4, 0.5) is 0 Å². The smallest absolute Gasteiger partial charge is 0.158 e. The number of thiophene rings is 4. The summed E-state index contributed by atoms with van der Waals surface area (Å²) in [4.78, 5) is 7.51. The predicted molar refractivity (Wildman–Crippen MR) is 217 cm³/mol. The van der Waals surface area contributed by atoms with E-state index in [0.717, 1.165) is 113 Å². The zero-order chi connectivity index (χ0) is 36.6. The number of rotatable bonds is 2. The minimum Gasteiger partial charge on any atom is -0.479 e. The molecule has 2 fully saturated rings. The fourth-order valence-electron chi connectivity index (χ4n) is 9.75. The van der Waals surface area contributed by atoms with Gasteiger partial charge in [-0.05, 0) is 124 Å². The Balaban J connectivity index is 1.13. The summed E-state index contributed by atoms with van der Waals surface area (Å²) in [5.74, 6) is 2.05. The maximum absolute atomic E-state index is 9.61. The molecule has 0 saturated heterocycles. The summed E-state index contributed by atoms with van der Waals surface area (Å²) in [6, 6.07) is 13.2. The quantitative estimate of drug-likeness (QED) is 0.187. The van der Waals surface area contributed by atoms with E-state index in [1.165, 1.54) is 73.8 Å². The zero-order valence-corrected chi connectivity index (χ0v) is 33.1. The van der Waals surface area contributed by atoms with Crippen LogP contribution >= 0.6 is 45.3 Å². The van der Waals surface area contributed by atoms with Crippen molar-refractivity contribution in [1.82, 2.24) is 0 Å². The van der Waals surface area contributed by atoms with Gasteiger partial charge < -0.3 is 9.47 Å². The molecule has 2 spiro atoms. The summed E-state index contributed by atoms with van der Waals surface area (Å²) in [5, 5.41) is 38.5. The molecule has 0 amide bonds. The summed E-state index contributed by atoms with van der Waals surface area (Å²) in [5.41, 5.74) is 6.53. The molecule has 2 aliphatic heterocycles. The predicted octanol–water partition coefficient (Wildman–Crippen LogP) is 13.3. The van der Waals surface area contributed by atoms with Crippen molar-refractivity contribution in [3.63, 3.8) is 0 Å². The van der Waals surface area contributed by atoms with E-state index in [0.29, 0.717) is 0 Å². The molecular formula is C44H36N4O2S4. The van der Waals surface area contributed by atoms with Crippen molar-refractivity contribution in [2.24, 2.45) is 0 Å². The molecule has 0 aromatic carbocycles. The molecule has 4 aliphatic carbocycles. The minimum absolute atomic E-state index is 0.229. The molecule has 2 saturated carbocycles. The van der Waals surface area contributed by atoms with Crippen LogP contribution in [0.1, 0.15) is 124 Å². The molecule has 268 valence electrons. The average molecular weight is 781 g/mol. The molecule has 0 N–H and O–H groups in total. The molecule has 6 heterocycles. The lowest BCUT2D eigenvalue weighted by Crippen LogP contribution is -2.37. The summed E-state index contributed by atoms with van der Waals surface area (Å²) in [6.45, 7) is 0. The first-order chi connectivity index (χ1) is 26.5. The molecule has 6 nitrogen and oxygen atoms in total. The van der Waals surface area contributed by atoms with E-state index in [-0.39, 0.29) is 22.3 Å². The molecular weight excluding hydrogens is 745 g/mol. The Kier molecular flexibility index (Phi) is 8.28. The second-order valence-corrected chi connectivity index (χ2v) is 19.6. The van der Waals surface area contributed by atoms with Gasteiger partial charge in [0.05, 0.1) is 28.9 Å². The van der Waals surface area contributed by atoms with Crippen molar-refractivity contribution >= 4 is 65.9 Å². The van der Waals surface area contributed by atoms with Gasteiger partial charge in [-0.3, -0.25) is 0 Å². The Morgan fingerprint density at radius 1 is 0.500 bits per heavy atom. The number of hydrogen-bond donors (Lipinski definition) is 0. The Labute approximate surface area is 331 Å². The number of allylic oxidation sites excluding steroid dienone is 8. The number of fused-ring (bicyclic) bond motifs is 11. The van der Waals surface area contributed by atoms with E-state index in [9.17, 15) is 21.0 Å². The van der Waals surface area contributed by atoms with Gasteiger partial charge in [0.1, 0.15) is 46.6 Å². The molecule has 54 heavy (non-hydrogen) atoms. The van der Waals surface area contributed by atoms with Crippen LogP contribution in [0.5, 0.6) is 11.5 Å². The first-order valence-electron chi connectivity index (χ1n) is 19.2. The van der Waals surface area contributed by atoms with Gasteiger partial charge in [-0.1, -0.05) is 25.0 Å². The Morgan fingerprint density at radius 2 is 0.907 bits per heavy atom. The highest BCUT2D eigenvalue weighted by Crippen LogP contribution is 2.66. The Morgan fingerprint density at radius 3 is 1.30 bits per heavy atom. The standard InChI is InChI=1S/C44H36N4O2S4/c45-21-29(22-46)25-9-7-11-27(17-25)33-19-31-37(51-33)39-35(49-43(31)13-3-1-4-14-43)41-42(53-39)36-40(54-41)38-32(44(50-36)15-5-2-6-16-44)20-34(52-38)28-12-8-10-26(18-28)30(23-47)24-48/h17-20H,1-16H2. The van der Waals surface area contributed by atoms with Gasteiger partial charge in [-0.2, -0.15) is 21.0 Å². The first kappa shape index (κ1) is 34.1. The summed E-state index contributed by atoms with van der Waals surface area (Å²) >= 11 is 7.38. The van der Waals surface area contributed by atoms with E-state index < -0.39 is 0 Å². The van der Waals surface area contributed by atoms with Crippen molar-refractivity contribution < 1.29 is 9.47 Å². The van der Waals surface area contributed by atoms with Crippen molar-refractivity contribution in [1.29, 1.82) is 21.0 Å². The third kappa shape index (κ3) is 5.15. The van der Waals surface area contributed by atoms with Crippen molar-refractivity contribution in [2.45, 2.75) is 114 Å². The normalized spacial score (nSPS) is 20.4. The lowest BCUT2D eigenvalue weighted by Gasteiger charge is -2.41. The second-order valence-electron chi connectivity index (χ2n) is 15.5. The Hall–Kier alpha value is -4.42.